The zero-order valence-electron chi connectivity index (χ0n) is 30.8. The van der Waals surface area contributed by atoms with E-state index in [2.05, 4.69) is 36.5 Å². The first kappa shape index (κ1) is 35.9. The van der Waals surface area contributed by atoms with Crippen molar-refractivity contribution in [2.75, 3.05) is 19.8 Å². The molecule has 8 rings (SSSR count). The molecule has 9 atom stereocenters. The maximum Gasteiger partial charge on any atom is 0.407 e. The Morgan fingerprint density at radius 1 is 1.02 bits per heavy atom. The molecule has 1 unspecified atom stereocenters. The van der Waals surface area contributed by atoms with Crippen molar-refractivity contribution in [3.8, 4) is 11.1 Å². The van der Waals surface area contributed by atoms with Crippen LogP contribution >= 0.6 is 0 Å². The Kier molecular flexibility index (Phi) is 9.02. The molecule has 10 heteroatoms. The van der Waals surface area contributed by atoms with E-state index < -0.39 is 59.5 Å². The van der Waals surface area contributed by atoms with Gasteiger partial charge in [-0.15, -0.1) is 0 Å². The predicted molar refractivity (Wildman–Crippen MR) is 194 cm³/mol. The van der Waals surface area contributed by atoms with Crippen LogP contribution < -0.4 is 5.32 Å². The Morgan fingerprint density at radius 2 is 1.72 bits per heavy atom. The van der Waals surface area contributed by atoms with Crippen molar-refractivity contribution < 1.29 is 43.2 Å². The number of fused-ring (bicyclic) bond motifs is 10. The summed E-state index contributed by atoms with van der Waals surface area (Å²) in [4.78, 5) is 52.2. The summed E-state index contributed by atoms with van der Waals surface area (Å²) in [5, 5.41) is 14.8. The Morgan fingerprint density at radius 3 is 2.42 bits per heavy atom. The van der Waals surface area contributed by atoms with Crippen LogP contribution in [-0.4, -0.2) is 72.6 Å². The molecule has 280 valence electrons. The molecule has 0 spiro atoms. The number of amides is 1. The molecule has 2 aromatic carbocycles. The van der Waals surface area contributed by atoms with Crippen LogP contribution in [0.1, 0.15) is 76.8 Å². The van der Waals surface area contributed by atoms with E-state index in [9.17, 15) is 24.3 Å². The van der Waals surface area contributed by atoms with E-state index in [4.69, 9.17) is 18.9 Å². The number of aliphatic hydroxyl groups excluding tert-OH is 1. The van der Waals surface area contributed by atoms with Crippen molar-refractivity contribution in [3.63, 3.8) is 0 Å². The maximum absolute atomic E-state index is 14.4. The van der Waals surface area contributed by atoms with Gasteiger partial charge in [-0.05, 0) is 71.9 Å². The molecule has 6 aliphatic rings. The van der Waals surface area contributed by atoms with Crippen LogP contribution in [0.3, 0.4) is 0 Å². The number of esters is 1. The summed E-state index contributed by atoms with van der Waals surface area (Å²) in [5.41, 5.74) is 2.88. The summed E-state index contributed by atoms with van der Waals surface area (Å²) >= 11 is 0. The number of carbonyl (C=O) groups is 4. The predicted octanol–water partition coefficient (Wildman–Crippen LogP) is 6.05. The Hall–Kier alpha value is -4.12. The lowest BCUT2D eigenvalue weighted by Gasteiger charge is -2.59. The summed E-state index contributed by atoms with van der Waals surface area (Å²) < 4.78 is 24.5. The Balaban J connectivity index is 0.964. The Bertz CT molecular complexity index is 1860. The molecule has 1 saturated heterocycles. The van der Waals surface area contributed by atoms with Gasteiger partial charge in [0.05, 0.1) is 18.1 Å². The van der Waals surface area contributed by atoms with E-state index in [-0.39, 0.29) is 61.2 Å². The largest absolute Gasteiger partial charge is 0.457 e. The molecule has 2 N–H and O–H groups in total. The zero-order chi connectivity index (χ0) is 37.3. The number of hydrogen-bond acceptors (Lipinski definition) is 9. The average Bonchev–Trinajstić information content (AvgIpc) is 3.75. The van der Waals surface area contributed by atoms with Crippen LogP contribution in [0.4, 0.5) is 4.79 Å². The minimum absolute atomic E-state index is 0.0186. The van der Waals surface area contributed by atoms with Gasteiger partial charge in [0.2, 0.25) is 5.78 Å². The molecule has 1 amide bonds. The number of alkyl carbamates (subject to hydrolysis) is 1. The Labute approximate surface area is 310 Å². The SMILES string of the molecule is CC(C)C(=O)OCC(=O)[C@@]12OC(CCNC(=O)OCC3c4ccccc4-c4ccccc43)O[C@@H]1C[C@H]1[C@@H]3CCC4=CC(=O)C=C[C@]4(C)[C@H]3[C@@H](O)C[C@@]12C. The van der Waals surface area contributed by atoms with Gasteiger partial charge in [-0.25, -0.2) is 4.79 Å². The second kappa shape index (κ2) is 13.3. The highest BCUT2D eigenvalue weighted by Gasteiger charge is 2.76. The van der Waals surface area contributed by atoms with Gasteiger partial charge in [0.1, 0.15) is 6.61 Å². The molecule has 2 aromatic rings. The summed E-state index contributed by atoms with van der Waals surface area (Å²) in [6.07, 6.45) is 5.14. The molecule has 4 fully saturated rings. The van der Waals surface area contributed by atoms with Crippen molar-refractivity contribution >= 4 is 23.6 Å². The van der Waals surface area contributed by atoms with E-state index in [1.54, 1.807) is 26.0 Å². The molecule has 1 heterocycles. The summed E-state index contributed by atoms with van der Waals surface area (Å²) in [5.74, 6) is -1.43. The molecule has 53 heavy (non-hydrogen) atoms. The molecule has 1 aliphatic heterocycles. The standard InChI is InChI=1S/C43H49NO9/c1-24(2)39(48)50-23-35(47)43-36(20-33-31-14-13-25-19-26(45)15-17-41(25,3)38(31)34(46)21-42(33,43)4)52-37(53-43)16-18-44-40(49)51-22-32-29-11-7-5-9-27(29)28-10-6-8-12-30(28)32/h5-12,15,17,19,24,31-34,36-38,46H,13-14,16,18,20-23H2,1-4H3,(H,44,49)/t31-,33-,34-,36+,37?,38+,41-,42-,43+/m0/s1. The highest BCUT2D eigenvalue weighted by atomic mass is 16.7. The average molecular weight is 724 g/mol. The van der Waals surface area contributed by atoms with Gasteiger partial charge >= 0.3 is 12.1 Å². The maximum atomic E-state index is 14.4. The van der Waals surface area contributed by atoms with Crippen LogP contribution in [0.5, 0.6) is 0 Å². The minimum Gasteiger partial charge on any atom is -0.457 e. The molecular formula is C43H49NO9. The first-order chi connectivity index (χ1) is 25.4. The highest BCUT2D eigenvalue weighted by molar-refractivity contribution is 6.01. The summed E-state index contributed by atoms with van der Waals surface area (Å²) in [7, 11) is 0. The normalized spacial score (nSPS) is 35.0. The number of Topliss-reactive ketones (excluding diaryl/α,β-unsaturated/α-hetero) is 1. The molecular weight excluding hydrogens is 674 g/mol. The lowest BCUT2D eigenvalue weighted by molar-refractivity contribution is -0.201. The lowest BCUT2D eigenvalue weighted by Crippen LogP contribution is -2.63. The second-order valence-corrected chi connectivity index (χ2v) is 16.6. The van der Waals surface area contributed by atoms with E-state index in [0.717, 1.165) is 40.7 Å². The van der Waals surface area contributed by atoms with Crippen LogP contribution in [0, 0.1) is 34.5 Å². The monoisotopic (exact) mass is 723 g/mol. The molecule has 0 aromatic heterocycles. The van der Waals surface area contributed by atoms with Gasteiger partial charge in [-0.3, -0.25) is 14.4 Å². The van der Waals surface area contributed by atoms with Crippen molar-refractivity contribution in [1.29, 1.82) is 0 Å². The second-order valence-electron chi connectivity index (χ2n) is 16.6. The van der Waals surface area contributed by atoms with E-state index in [0.29, 0.717) is 6.42 Å². The van der Waals surface area contributed by atoms with Crippen LogP contribution in [0.15, 0.2) is 72.3 Å². The quantitative estimate of drug-likeness (QED) is 0.296. The van der Waals surface area contributed by atoms with Crippen LogP contribution in [-0.2, 0) is 33.3 Å². The van der Waals surface area contributed by atoms with E-state index in [1.807, 2.05) is 37.3 Å². The van der Waals surface area contributed by atoms with Crippen molar-refractivity contribution in [2.45, 2.75) is 89.8 Å². The van der Waals surface area contributed by atoms with Gasteiger partial charge in [0, 0.05) is 35.6 Å². The summed E-state index contributed by atoms with van der Waals surface area (Å²) in [6.45, 7) is 7.49. The van der Waals surface area contributed by atoms with Crippen LogP contribution in [0.2, 0.25) is 0 Å². The summed E-state index contributed by atoms with van der Waals surface area (Å²) in [6, 6.07) is 16.3. The lowest BCUT2D eigenvalue weighted by atomic mass is 9.46. The van der Waals surface area contributed by atoms with Crippen molar-refractivity contribution in [3.05, 3.63) is 83.5 Å². The first-order valence-corrected chi connectivity index (χ1v) is 19.1. The number of hydrogen-bond donors (Lipinski definition) is 2. The van der Waals surface area contributed by atoms with Crippen molar-refractivity contribution in [1.82, 2.24) is 5.32 Å². The van der Waals surface area contributed by atoms with Crippen LogP contribution in [0.25, 0.3) is 11.1 Å². The van der Waals surface area contributed by atoms with Gasteiger partial charge in [-0.1, -0.05) is 87.9 Å². The fourth-order valence-electron chi connectivity index (χ4n) is 11.1. The fraction of sp³-hybridized carbons (Fsp3) is 0.535. The third-order valence-electron chi connectivity index (χ3n) is 13.5. The smallest absolute Gasteiger partial charge is 0.407 e. The first-order valence-electron chi connectivity index (χ1n) is 19.1. The van der Waals surface area contributed by atoms with Gasteiger partial charge in [0.15, 0.2) is 24.3 Å². The molecule has 0 radical (unpaired) electrons. The fourth-order valence-corrected chi connectivity index (χ4v) is 11.1. The minimum atomic E-state index is -1.45. The highest BCUT2D eigenvalue weighted by Crippen LogP contribution is 2.69. The number of ether oxygens (including phenoxy) is 4. The number of allylic oxidation sites excluding steroid dienone is 4. The molecule has 5 aliphatic carbocycles. The number of rotatable bonds is 9. The number of nitrogens with one attached hydrogen (secondary N) is 1. The topological polar surface area (TPSA) is 137 Å². The number of aliphatic hydroxyl groups is 1. The van der Waals surface area contributed by atoms with Crippen molar-refractivity contribution in [2.24, 2.45) is 34.5 Å². The number of carbonyl (C=O) groups excluding carboxylic acids is 4. The number of benzene rings is 2. The molecule has 0 bridgehead atoms. The molecule has 3 saturated carbocycles. The zero-order valence-corrected chi connectivity index (χ0v) is 30.8. The van der Waals surface area contributed by atoms with Gasteiger partial charge < -0.3 is 29.4 Å². The van der Waals surface area contributed by atoms with E-state index >= 15 is 0 Å². The third kappa shape index (κ3) is 5.62. The van der Waals surface area contributed by atoms with Gasteiger partial charge in [0.25, 0.3) is 0 Å². The van der Waals surface area contributed by atoms with E-state index in [1.165, 1.54) is 0 Å². The van der Waals surface area contributed by atoms with Gasteiger partial charge in [-0.2, -0.15) is 0 Å². The number of ketones is 2. The third-order valence-corrected chi connectivity index (χ3v) is 13.5. The molecule has 10 nitrogen and oxygen atoms in total.